The number of hydrogen-bond acceptors (Lipinski definition) is 2. The van der Waals surface area contributed by atoms with Crippen molar-refractivity contribution in [2.75, 3.05) is 13.1 Å². The van der Waals surface area contributed by atoms with E-state index in [4.69, 9.17) is 0 Å². The zero-order chi connectivity index (χ0) is 12.3. The Labute approximate surface area is 97.6 Å². The van der Waals surface area contributed by atoms with E-state index in [0.29, 0.717) is 25.9 Å². The van der Waals surface area contributed by atoms with Crippen molar-refractivity contribution in [2.24, 2.45) is 0 Å². The van der Waals surface area contributed by atoms with Crippen molar-refractivity contribution < 1.29 is 9.59 Å². The largest absolute Gasteiger partial charge is 0.336 e. The quantitative estimate of drug-likeness (QED) is 0.711. The van der Waals surface area contributed by atoms with Crippen LogP contribution >= 0.6 is 0 Å². The van der Waals surface area contributed by atoms with Crippen LogP contribution in [-0.2, 0) is 9.59 Å². The van der Waals surface area contributed by atoms with E-state index >= 15 is 0 Å². The van der Waals surface area contributed by atoms with Crippen molar-refractivity contribution in [3.63, 3.8) is 0 Å². The Bertz CT molecular complexity index is 250. The maximum atomic E-state index is 11.7. The summed E-state index contributed by atoms with van der Waals surface area (Å²) in [5, 5.41) is 0. The van der Waals surface area contributed by atoms with E-state index in [2.05, 4.69) is 0 Å². The van der Waals surface area contributed by atoms with Gasteiger partial charge in [0.05, 0.1) is 0 Å². The highest BCUT2D eigenvalue weighted by Gasteiger charge is 2.32. The molecule has 0 radical (unpaired) electrons. The van der Waals surface area contributed by atoms with Gasteiger partial charge in [0.15, 0.2) is 0 Å². The molecule has 4 nitrogen and oxygen atoms in total. The van der Waals surface area contributed by atoms with E-state index in [9.17, 15) is 9.59 Å². The molecule has 0 N–H and O–H groups in total. The topological polar surface area (TPSA) is 40.6 Å². The number of nitrogens with zero attached hydrogens (tertiary/aromatic N) is 2. The number of piperazine rings is 1. The van der Waals surface area contributed by atoms with Crippen molar-refractivity contribution in [1.29, 1.82) is 0 Å². The third kappa shape index (κ3) is 2.54. The van der Waals surface area contributed by atoms with Crippen LogP contribution in [0.25, 0.3) is 0 Å². The molecule has 0 aromatic carbocycles. The summed E-state index contributed by atoms with van der Waals surface area (Å²) in [5.74, 6) is 0.367. The molecule has 2 atom stereocenters. The van der Waals surface area contributed by atoms with Crippen molar-refractivity contribution in [1.82, 2.24) is 9.80 Å². The fourth-order valence-electron chi connectivity index (χ4n) is 2.23. The highest BCUT2D eigenvalue weighted by atomic mass is 16.2. The first kappa shape index (κ1) is 13.0. The molecular formula is C12H22N2O2. The van der Waals surface area contributed by atoms with Crippen LogP contribution in [0.1, 0.15) is 40.5 Å². The average molecular weight is 226 g/mol. The first-order valence-corrected chi connectivity index (χ1v) is 6.10. The van der Waals surface area contributed by atoms with Gasteiger partial charge in [-0.3, -0.25) is 9.59 Å². The van der Waals surface area contributed by atoms with Gasteiger partial charge in [-0.25, -0.2) is 0 Å². The van der Waals surface area contributed by atoms with Crippen LogP contribution in [0, 0.1) is 0 Å². The number of carbonyl (C=O) groups excluding carboxylic acids is 2. The summed E-state index contributed by atoms with van der Waals surface area (Å²) in [6.07, 6.45) is 1.08. The predicted molar refractivity (Wildman–Crippen MR) is 62.9 cm³/mol. The molecule has 1 rings (SSSR count). The number of hydrogen-bond donors (Lipinski definition) is 0. The standard InChI is InChI=1S/C12H22N2O2/c1-5-11(15)13-7-10(4)14(8-9(13)3)12(16)6-2/h9-10H,5-8H2,1-4H3. The maximum Gasteiger partial charge on any atom is 0.222 e. The molecule has 0 bridgehead atoms. The third-order valence-corrected chi connectivity index (χ3v) is 3.23. The Balaban J connectivity index is 2.70. The molecule has 2 unspecified atom stereocenters. The number of carbonyl (C=O) groups is 2. The van der Waals surface area contributed by atoms with Gasteiger partial charge in [0.1, 0.15) is 0 Å². The van der Waals surface area contributed by atoms with Crippen molar-refractivity contribution >= 4 is 11.8 Å². The van der Waals surface area contributed by atoms with Gasteiger partial charge in [-0.05, 0) is 13.8 Å². The van der Waals surface area contributed by atoms with E-state index in [-0.39, 0.29) is 23.9 Å². The van der Waals surface area contributed by atoms with Crippen LogP contribution in [0.2, 0.25) is 0 Å². The maximum absolute atomic E-state index is 11.7. The van der Waals surface area contributed by atoms with E-state index in [1.54, 1.807) is 0 Å². The summed E-state index contributed by atoms with van der Waals surface area (Å²) in [6.45, 7) is 9.11. The molecule has 0 saturated carbocycles. The van der Waals surface area contributed by atoms with Gasteiger partial charge < -0.3 is 9.80 Å². The molecule has 1 aliphatic heterocycles. The second-order valence-corrected chi connectivity index (χ2v) is 4.50. The van der Waals surface area contributed by atoms with Gasteiger partial charge in [0, 0.05) is 38.0 Å². The van der Waals surface area contributed by atoms with Gasteiger partial charge in [0.25, 0.3) is 0 Å². The van der Waals surface area contributed by atoms with Crippen LogP contribution < -0.4 is 0 Å². The third-order valence-electron chi connectivity index (χ3n) is 3.23. The molecule has 2 amide bonds. The van der Waals surface area contributed by atoms with Crippen LogP contribution in [0.5, 0.6) is 0 Å². The Morgan fingerprint density at radius 1 is 0.938 bits per heavy atom. The zero-order valence-corrected chi connectivity index (χ0v) is 10.7. The molecule has 16 heavy (non-hydrogen) atoms. The van der Waals surface area contributed by atoms with E-state index < -0.39 is 0 Å². The Kier molecular flexibility index (Phi) is 4.33. The smallest absolute Gasteiger partial charge is 0.222 e. The second kappa shape index (κ2) is 5.32. The lowest BCUT2D eigenvalue weighted by Gasteiger charge is -2.44. The van der Waals surface area contributed by atoms with Crippen molar-refractivity contribution in [3.8, 4) is 0 Å². The molecule has 1 saturated heterocycles. The monoisotopic (exact) mass is 226 g/mol. The van der Waals surface area contributed by atoms with Crippen molar-refractivity contribution in [2.45, 2.75) is 52.6 Å². The molecule has 1 fully saturated rings. The molecule has 4 heteroatoms. The summed E-state index contributed by atoms with van der Waals surface area (Å²) in [7, 11) is 0. The summed E-state index contributed by atoms with van der Waals surface area (Å²) < 4.78 is 0. The molecule has 0 spiro atoms. The number of amides is 2. The minimum atomic E-state index is 0.138. The Morgan fingerprint density at radius 2 is 1.25 bits per heavy atom. The lowest BCUT2D eigenvalue weighted by molar-refractivity contribution is -0.145. The second-order valence-electron chi connectivity index (χ2n) is 4.50. The highest BCUT2D eigenvalue weighted by Crippen LogP contribution is 2.17. The van der Waals surface area contributed by atoms with Gasteiger partial charge in [-0.2, -0.15) is 0 Å². The number of rotatable bonds is 2. The lowest BCUT2D eigenvalue weighted by Crippen LogP contribution is -2.59. The molecule has 92 valence electrons. The summed E-state index contributed by atoms with van der Waals surface area (Å²) >= 11 is 0. The molecule has 0 aromatic rings. The van der Waals surface area contributed by atoms with Gasteiger partial charge in [0.2, 0.25) is 11.8 Å². The molecule has 1 aliphatic rings. The minimum Gasteiger partial charge on any atom is -0.336 e. The predicted octanol–water partition coefficient (Wildman–Crippen LogP) is 1.25. The van der Waals surface area contributed by atoms with Crippen LogP contribution in [-0.4, -0.2) is 46.8 Å². The summed E-state index contributed by atoms with van der Waals surface area (Å²) in [5.41, 5.74) is 0. The molecule has 1 heterocycles. The summed E-state index contributed by atoms with van der Waals surface area (Å²) in [6, 6.07) is 0.276. The normalized spacial score (nSPS) is 25.8. The molecular weight excluding hydrogens is 204 g/mol. The minimum absolute atomic E-state index is 0.138. The fraction of sp³-hybridized carbons (Fsp3) is 0.833. The van der Waals surface area contributed by atoms with E-state index in [0.717, 1.165) is 0 Å². The molecule has 0 aromatic heterocycles. The Hall–Kier alpha value is -1.06. The SMILES string of the molecule is CCC(=O)N1CC(C)N(C(=O)CC)CC1C. The van der Waals surface area contributed by atoms with Crippen molar-refractivity contribution in [3.05, 3.63) is 0 Å². The average Bonchev–Trinajstić information content (AvgIpc) is 2.29. The summed E-state index contributed by atoms with van der Waals surface area (Å²) in [4.78, 5) is 27.2. The van der Waals surface area contributed by atoms with Crippen LogP contribution in [0.4, 0.5) is 0 Å². The first-order valence-electron chi connectivity index (χ1n) is 6.10. The fourth-order valence-corrected chi connectivity index (χ4v) is 2.23. The van der Waals surface area contributed by atoms with E-state index in [1.165, 1.54) is 0 Å². The van der Waals surface area contributed by atoms with E-state index in [1.807, 2.05) is 37.5 Å². The molecule has 0 aliphatic carbocycles. The Morgan fingerprint density at radius 3 is 1.50 bits per heavy atom. The lowest BCUT2D eigenvalue weighted by atomic mass is 10.1. The van der Waals surface area contributed by atoms with Crippen LogP contribution in [0.3, 0.4) is 0 Å². The van der Waals surface area contributed by atoms with Gasteiger partial charge in [-0.1, -0.05) is 13.8 Å². The van der Waals surface area contributed by atoms with Gasteiger partial charge >= 0.3 is 0 Å². The van der Waals surface area contributed by atoms with Gasteiger partial charge in [-0.15, -0.1) is 0 Å². The zero-order valence-electron chi connectivity index (χ0n) is 10.7. The van der Waals surface area contributed by atoms with Crippen LogP contribution in [0.15, 0.2) is 0 Å². The first-order chi connectivity index (χ1) is 7.51. The highest BCUT2D eigenvalue weighted by molar-refractivity contribution is 5.78.